The maximum atomic E-state index is 12.3. The molecule has 1 aliphatic heterocycles. The largest absolute Gasteiger partial charge is 0.388 e. The number of piperidine rings is 1. The maximum Gasteiger partial charge on any atom is 0.224 e. The summed E-state index contributed by atoms with van der Waals surface area (Å²) in [5.74, 6) is 0.0337. The van der Waals surface area contributed by atoms with E-state index in [2.05, 4.69) is 40.8 Å². The minimum atomic E-state index is -0.802. The number of anilines is 1. The number of rotatable bonds is 12. The molecule has 1 amide bonds. The first-order valence-electron chi connectivity index (χ1n) is 11.8. The zero-order valence-corrected chi connectivity index (χ0v) is 19.5. The zero-order valence-electron chi connectivity index (χ0n) is 19.5. The van der Waals surface area contributed by atoms with Crippen molar-refractivity contribution >= 4 is 11.6 Å². The van der Waals surface area contributed by atoms with Gasteiger partial charge in [-0.15, -0.1) is 13.2 Å². The average Bonchev–Trinajstić information content (AvgIpc) is 2.83. The van der Waals surface area contributed by atoms with Gasteiger partial charge in [0.1, 0.15) is 0 Å². The van der Waals surface area contributed by atoms with Gasteiger partial charge in [-0.3, -0.25) is 4.79 Å². The summed E-state index contributed by atoms with van der Waals surface area (Å²) in [6.07, 6.45) is 7.10. The Hall–Kier alpha value is -2.89. The van der Waals surface area contributed by atoms with Crippen molar-refractivity contribution < 1.29 is 9.90 Å². The monoisotopic (exact) mass is 447 g/mol. The molecule has 3 rings (SSSR count). The van der Waals surface area contributed by atoms with Gasteiger partial charge < -0.3 is 20.6 Å². The summed E-state index contributed by atoms with van der Waals surface area (Å²) < 4.78 is 0. The molecule has 0 unspecified atom stereocenters. The van der Waals surface area contributed by atoms with Gasteiger partial charge in [0, 0.05) is 37.9 Å². The van der Waals surface area contributed by atoms with Crippen LogP contribution in [0.1, 0.15) is 36.8 Å². The number of hydrogen-bond donors (Lipinski definition) is 3. The summed E-state index contributed by atoms with van der Waals surface area (Å²) in [6, 6.07) is 18.7. The summed E-state index contributed by atoms with van der Waals surface area (Å²) in [4.78, 5) is 14.7. The Morgan fingerprint density at radius 3 is 2.24 bits per heavy atom. The smallest absolute Gasteiger partial charge is 0.224 e. The molecule has 1 aliphatic rings. The van der Waals surface area contributed by atoms with Gasteiger partial charge in [0.25, 0.3) is 0 Å². The van der Waals surface area contributed by atoms with Crippen LogP contribution in [0.15, 0.2) is 79.9 Å². The molecule has 33 heavy (non-hydrogen) atoms. The molecule has 0 aliphatic carbocycles. The number of benzene rings is 2. The lowest BCUT2D eigenvalue weighted by Crippen LogP contribution is -2.48. The van der Waals surface area contributed by atoms with Gasteiger partial charge >= 0.3 is 0 Å². The zero-order chi connectivity index (χ0) is 23.5. The normalized spacial score (nSPS) is 14.6. The van der Waals surface area contributed by atoms with Crippen molar-refractivity contribution in [3.63, 3.8) is 0 Å². The third-order valence-corrected chi connectivity index (χ3v) is 6.26. The molecule has 0 aromatic heterocycles. The van der Waals surface area contributed by atoms with Crippen LogP contribution in [-0.4, -0.2) is 42.3 Å². The molecule has 0 spiro atoms. The van der Waals surface area contributed by atoms with Gasteiger partial charge in [-0.25, -0.2) is 0 Å². The van der Waals surface area contributed by atoms with Crippen LogP contribution in [0.5, 0.6) is 0 Å². The van der Waals surface area contributed by atoms with E-state index >= 15 is 0 Å². The van der Waals surface area contributed by atoms with Crippen molar-refractivity contribution in [2.24, 2.45) is 0 Å². The first-order valence-corrected chi connectivity index (χ1v) is 11.8. The highest BCUT2D eigenvalue weighted by atomic mass is 16.3. The molecule has 0 bridgehead atoms. The Labute approximate surface area is 198 Å². The number of carbonyl (C=O) groups excluding carboxylic acids is 1. The molecule has 1 heterocycles. The minimum absolute atomic E-state index is 0.0337. The summed E-state index contributed by atoms with van der Waals surface area (Å²) in [5.41, 5.74) is 2.51. The van der Waals surface area contributed by atoms with Gasteiger partial charge in [0.2, 0.25) is 5.91 Å². The van der Waals surface area contributed by atoms with Crippen LogP contribution in [-0.2, 0) is 17.8 Å². The molecule has 5 heteroatoms. The van der Waals surface area contributed by atoms with Crippen LogP contribution in [0.25, 0.3) is 0 Å². The SMILES string of the molecule is C=CCC(O)(CC=C)CNC1CCN(c2ccc(CC(=O)NCc3ccccc3)cc2)CC1. The highest BCUT2D eigenvalue weighted by Crippen LogP contribution is 2.22. The molecule has 1 fully saturated rings. The number of nitrogens with one attached hydrogen (secondary N) is 2. The van der Waals surface area contributed by atoms with E-state index in [0.717, 1.165) is 37.1 Å². The molecule has 0 radical (unpaired) electrons. The molecule has 1 saturated heterocycles. The maximum absolute atomic E-state index is 12.3. The second-order valence-corrected chi connectivity index (χ2v) is 8.96. The predicted molar refractivity (Wildman–Crippen MR) is 136 cm³/mol. The third-order valence-electron chi connectivity index (χ3n) is 6.26. The Kier molecular flexibility index (Phi) is 9.28. The highest BCUT2D eigenvalue weighted by molar-refractivity contribution is 5.78. The molecule has 176 valence electrons. The summed E-state index contributed by atoms with van der Waals surface area (Å²) >= 11 is 0. The summed E-state index contributed by atoms with van der Waals surface area (Å²) in [6.45, 7) is 10.6. The van der Waals surface area contributed by atoms with E-state index < -0.39 is 5.60 Å². The predicted octanol–water partition coefficient (Wildman–Crippen LogP) is 3.99. The number of aliphatic hydroxyl groups is 1. The second kappa shape index (κ2) is 12.4. The van der Waals surface area contributed by atoms with E-state index in [1.165, 1.54) is 5.69 Å². The lowest BCUT2D eigenvalue weighted by Gasteiger charge is -2.36. The summed E-state index contributed by atoms with van der Waals surface area (Å²) in [7, 11) is 0. The topological polar surface area (TPSA) is 64.6 Å². The van der Waals surface area contributed by atoms with Crippen molar-refractivity contribution in [1.29, 1.82) is 0 Å². The van der Waals surface area contributed by atoms with Crippen molar-refractivity contribution in [3.05, 3.63) is 91.0 Å². The van der Waals surface area contributed by atoms with Gasteiger partial charge in [-0.05, 0) is 48.9 Å². The van der Waals surface area contributed by atoms with Crippen LogP contribution in [0.2, 0.25) is 0 Å². The number of nitrogens with zero attached hydrogens (tertiary/aromatic N) is 1. The van der Waals surface area contributed by atoms with E-state index in [9.17, 15) is 9.90 Å². The van der Waals surface area contributed by atoms with Crippen molar-refractivity contribution in [1.82, 2.24) is 10.6 Å². The van der Waals surface area contributed by atoms with E-state index in [1.54, 1.807) is 12.2 Å². The number of hydrogen-bond acceptors (Lipinski definition) is 4. The standard InChI is InChI=1S/C28H37N3O2/c1-3-16-28(33,17-4-2)22-30-25-14-18-31(19-15-25)26-12-10-23(11-13-26)20-27(32)29-21-24-8-6-5-7-9-24/h3-13,25,30,33H,1-2,14-22H2,(H,29,32). The van der Waals surface area contributed by atoms with Gasteiger partial charge in [-0.2, -0.15) is 0 Å². The lowest BCUT2D eigenvalue weighted by molar-refractivity contribution is -0.120. The first-order chi connectivity index (χ1) is 16.0. The molecule has 2 aromatic rings. The molecular weight excluding hydrogens is 410 g/mol. The minimum Gasteiger partial charge on any atom is -0.388 e. The van der Waals surface area contributed by atoms with Crippen LogP contribution < -0.4 is 15.5 Å². The Balaban J connectivity index is 1.42. The van der Waals surface area contributed by atoms with E-state index in [1.807, 2.05) is 42.5 Å². The molecular formula is C28H37N3O2. The van der Waals surface area contributed by atoms with Crippen molar-refractivity contribution in [2.75, 3.05) is 24.5 Å². The van der Waals surface area contributed by atoms with Crippen molar-refractivity contribution in [2.45, 2.75) is 50.3 Å². The van der Waals surface area contributed by atoms with E-state index in [4.69, 9.17) is 0 Å². The molecule has 0 atom stereocenters. The number of carbonyl (C=O) groups is 1. The van der Waals surface area contributed by atoms with Crippen molar-refractivity contribution in [3.8, 4) is 0 Å². The molecule has 3 N–H and O–H groups in total. The highest BCUT2D eigenvalue weighted by Gasteiger charge is 2.26. The molecule has 2 aromatic carbocycles. The third kappa shape index (κ3) is 7.88. The Morgan fingerprint density at radius 1 is 1.00 bits per heavy atom. The van der Waals surface area contributed by atoms with Gasteiger partial charge in [-0.1, -0.05) is 54.6 Å². The fraction of sp³-hybridized carbons (Fsp3) is 0.393. The number of amides is 1. The Morgan fingerprint density at radius 2 is 1.64 bits per heavy atom. The molecule has 0 saturated carbocycles. The first kappa shape index (κ1) is 24.7. The summed E-state index contributed by atoms with van der Waals surface area (Å²) in [5, 5.41) is 17.2. The van der Waals surface area contributed by atoms with Crippen LogP contribution >= 0.6 is 0 Å². The van der Waals surface area contributed by atoms with E-state index in [-0.39, 0.29) is 5.91 Å². The van der Waals surface area contributed by atoms with Gasteiger partial charge in [0.15, 0.2) is 0 Å². The fourth-order valence-electron chi connectivity index (χ4n) is 4.31. The fourth-order valence-corrected chi connectivity index (χ4v) is 4.31. The van der Waals surface area contributed by atoms with Crippen LogP contribution in [0.4, 0.5) is 5.69 Å². The second-order valence-electron chi connectivity index (χ2n) is 8.96. The molecule has 5 nitrogen and oxygen atoms in total. The van der Waals surface area contributed by atoms with Crippen LogP contribution in [0, 0.1) is 0 Å². The van der Waals surface area contributed by atoms with Gasteiger partial charge in [0.05, 0.1) is 12.0 Å². The Bertz CT molecular complexity index is 877. The quantitative estimate of drug-likeness (QED) is 0.431. The van der Waals surface area contributed by atoms with E-state index in [0.29, 0.717) is 38.4 Å². The van der Waals surface area contributed by atoms with Crippen LogP contribution in [0.3, 0.4) is 0 Å². The average molecular weight is 448 g/mol. The lowest BCUT2D eigenvalue weighted by atomic mass is 9.94.